The number of halogens is 4. The zero-order chi connectivity index (χ0) is 13.5. The van der Waals surface area contributed by atoms with Gasteiger partial charge in [-0.05, 0) is 24.1 Å². The van der Waals surface area contributed by atoms with Gasteiger partial charge in [-0.1, -0.05) is 17.7 Å². The van der Waals surface area contributed by atoms with Crippen molar-refractivity contribution in [1.82, 2.24) is 0 Å². The highest BCUT2D eigenvalue weighted by atomic mass is 35.5. The Morgan fingerprint density at radius 3 is 2.67 bits per heavy atom. The van der Waals surface area contributed by atoms with Gasteiger partial charge >= 0.3 is 12.1 Å². The van der Waals surface area contributed by atoms with Gasteiger partial charge in [0.05, 0.1) is 5.92 Å². The third-order valence-electron chi connectivity index (χ3n) is 2.73. The zero-order valence-corrected chi connectivity index (χ0v) is 10.4. The Morgan fingerprint density at radius 2 is 2.11 bits per heavy atom. The summed E-state index contributed by atoms with van der Waals surface area (Å²) in [6, 6.07) is 4.57. The minimum atomic E-state index is -4.55. The lowest BCUT2D eigenvalue weighted by molar-refractivity contribution is -0.160. The summed E-state index contributed by atoms with van der Waals surface area (Å²) in [5.74, 6) is -2.88. The number of rotatable bonds is 1. The number of carbonyl (C=O) groups is 1. The minimum absolute atomic E-state index is 0.126. The van der Waals surface area contributed by atoms with Crippen LogP contribution in [-0.4, -0.2) is 22.5 Å². The first-order chi connectivity index (χ1) is 8.29. The molecule has 2 rings (SSSR count). The Bertz CT molecular complexity index is 490. The molecule has 2 atom stereocenters. The van der Waals surface area contributed by atoms with Crippen LogP contribution in [-0.2, 0) is 11.2 Å². The van der Waals surface area contributed by atoms with E-state index in [0.29, 0.717) is 27.2 Å². The quantitative estimate of drug-likeness (QED) is 0.860. The van der Waals surface area contributed by atoms with Crippen molar-refractivity contribution in [3.63, 3.8) is 0 Å². The number of aliphatic carboxylic acids is 1. The van der Waals surface area contributed by atoms with E-state index in [1.165, 1.54) is 6.07 Å². The van der Waals surface area contributed by atoms with Crippen LogP contribution in [0.15, 0.2) is 23.1 Å². The number of alkyl halides is 3. The van der Waals surface area contributed by atoms with Crippen LogP contribution in [0, 0.1) is 5.92 Å². The minimum Gasteiger partial charge on any atom is -0.481 e. The fourth-order valence-corrected chi connectivity index (χ4v) is 3.40. The molecule has 18 heavy (non-hydrogen) atoms. The van der Waals surface area contributed by atoms with E-state index in [2.05, 4.69) is 0 Å². The van der Waals surface area contributed by atoms with Gasteiger partial charge in [0, 0.05) is 9.92 Å². The lowest BCUT2D eigenvalue weighted by atomic mass is 9.95. The molecule has 0 aliphatic carbocycles. The molecule has 0 aromatic heterocycles. The summed E-state index contributed by atoms with van der Waals surface area (Å²) < 4.78 is 38.5. The maximum Gasteiger partial charge on any atom is 0.401 e. The summed E-state index contributed by atoms with van der Waals surface area (Å²) in [6.45, 7) is 0. The van der Waals surface area contributed by atoms with Gasteiger partial charge in [0.25, 0.3) is 0 Å². The number of hydrogen-bond acceptors (Lipinski definition) is 2. The average Bonchev–Trinajstić information content (AvgIpc) is 2.25. The zero-order valence-electron chi connectivity index (χ0n) is 8.87. The van der Waals surface area contributed by atoms with Crippen molar-refractivity contribution in [2.45, 2.75) is 22.7 Å². The second-order valence-electron chi connectivity index (χ2n) is 3.98. The lowest BCUT2D eigenvalue weighted by Crippen LogP contribution is -2.41. The summed E-state index contributed by atoms with van der Waals surface area (Å²) in [4.78, 5) is 11.4. The van der Waals surface area contributed by atoms with E-state index in [-0.39, 0.29) is 6.42 Å². The second kappa shape index (κ2) is 4.66. The summed E-state index contributed by atoms with van der Waals surface area (Å²) in [5, 5.41) is 7.33. The normalized spacial score (nSPS) is 23.6. The van der Waals surface area contributed by atoms with Gasteiger partial charge in [-0.25, -0.2) is 0 Å². The molecular formula is C11H8ClF3O2S. The van der Waals surface area contributed by atoms with E-state index >= 15 is 0 Å². The standard InChI is InChI=1S/C11H8ClF3O2S/c12-6-2-1-5-3-7(10(16)17)9(11(13,14)15)18-8(5)4-6/h1-2,4,7,9H,3H2,(H,16,17). The summed E-state index contributed by atoms with van der Waals surface area (Å²) in [6.07, 6.45) is -4.67. The lowest BCUT2D eigenvalue weighted by Gasteiger charge is -2.31. The number of benzene rings is 1. The Kier molecular flexibility index (Phi) is 3.51. The molecule has 0 saturated carbocycles. The van der Waals surface area contributed by atoms with Crippen molar-refractivity contribution in [2.75, 3.05) is 0 Å². The van der Waals surface area contributed by atoms with E-state index in [0.717, 1.165) is 0 Å². The van der Waals surface area contributed by atoms with Crippen LogP contribution in [0.25, 0.3) is 0 Å². The van der Waals surface area contributed by atoms with Crippen molar-refractivity contribution >= 4 is 29.3 Å². The molecule has 1 heterocycles. The monoisotopic (exact) mass is 296 g/mol. The Morgan fingerprint density at radius 1 is 1.44 bits per heavy atom. The second-order valence-corrected chi connectivity index (χ2v) is 5.60. The van der Waals surface area contributed by atoms with Gasteiger partial charge in [0.2, 0.25) is 0 Å². The molecule has 2 nitrogen and oxygen atoms in total. The molecule has 0 amide bonds. The third kappa shape index (κ3) is 2.59. The predicted octanol–water partition coefficient (Wildman–Crippen LogP) is 3.62. The van der Waals surface area contributed by atoms with Crippen LogP contribution in [0.2, 0.25) is 5.02 Å². The molecule has 0 radical (unpaired) electrons. The Balaban J connectivity index is 2.41. The summed E-state index contributed by atoms with van der Waals surface area (Å²) in [7, 11) is 0. The van der Waals surface area contributed by atoms with Gasteiger partial charge < -0.3 is 5.11 Å². The van der Waals surface area contributed by atoms with Crippen molar-refractivity contribution in [2.24, 2.45) is 5.92 Å². The number of carboxylic acids is 1. The molecule has 0 spiro atoms. The van der Waals surface area contributed by atoms with Gasteiger partial charge in [-0.3, -0.25) is 4.79 Å². The van der Waals surface area contributed by atoms with Crippen molar-refractivity contribution in [1.29, 1.82) is 0 Å². The maximum atomic E-state index is 12.8. The molecule has 7 heteroatoms. The molecule has 1 N–H and O–H groups in total. The predicted molar refractivity (Wildman–Crippen MR) is 62.0 cm³/mol. The highest BCUT2D eigenvalue weighted by molar-refractivity contribution is 8.00. The van der Waals surface area contributed by atoms with Crippen molar-refractivity contribution < 1.29 is 23.1 Å². The van der Waals surface area contributed by atoms with Gasteiger partial charge in [0.15, 0.2) is 0 Å². The highest BCUT2D eigenvalue weighted by Gasteiger charge is 2.50. The van der Waals surface area contributed by atoms with Crippen LogP contribution in [0.5, 0.6) is 0 Å². The third-order valence-corrected chi connectivity index (χ3v) is 4.45. The largest absolute Gasteiger partial charge is 0.481 e. The molecule has 98 valence electrons. The Hall–Kier alpha value is -0.880. The SMILES string of the molecule is O=C(O)C1Cc2ccc(Cl)cc2SC1C(F)(F)F. The molecular weight excluding hydrogens is 289 g/mol. The topological polar surface area (TPSA) is 37.3 Å². The molecule has 2 unspecified atom stereocenters. The number of fused-ring (bicyclic) bond motifs is 1. The van der Waals surface area contributed by atoms with Crippen LogP contribution in [0.1, 0.15) is 5.56 Å². The van der Waals surface area contributed by atoms with Crippen LogP contribution in [0.4, 0.5) is 13.2 Å². The summed E-state index contributed by atoms with van der Waals surface area (Å²) >= 11 is 6.25. The maximum absolute atomic E-state index is 12.8. The van der Waals surface area contributed by atoms with E-state index in [1.54, 1.807) is 12.1 Å². The first-order valence-electron chi connectivity index (χ1n) is 5.03. The average molecular weight is 297 g/mol. The molecule has 1 aliphatic heterocycles. The number of hydrogen-bond donors (Lipinski definition) is 1. The van der Waals surface area contributed by atoms with Gasteiger partial charge in [-0.2, -0.15) is 13.2 Å². The first kappa shape index (κ1) is 13.5. The smallest absolute Gasteiger partial charge is 0.401 e. The van der Waals surface area contributed by atoms with Crippen LogP contribution in [0.3, 0.4) is 0 Å². The molecule has 0 saturated heterocycles. The molecule has 0 fully saturated rings. The van der Waals surface area contributed by atoms with E-state index in [9.17, 15) is 18.0 Å². The number of carboxylic acid groups (broad SMARTS) is 1. The van der Waals surface area contributed by atoms with Crippen LogP contribution < -0.4 is 0 Å². The fourth-order valence-electron chi connectivity index (χ4n) is 1.88. The Labute approximate surface area is 110 Å². The summed E-state index contributed by atoms with van der Waals surface area (Å²) in [5.41, 5.74) is 0.595. The van der Waals surface area contributed by atoms with E-state index in [4.69, 9.17) is 16.7 Å². The van der Waals surface area contributed by atoms with Gasteiger partial charge in [-0.15, -0.1) is 11.8 Å². The van der Waals surface area contributed by atoms with Crippen LogP contribution >= 0.6 is 23.4 Å². The van der Waals surface area contributed by atoms with Crippen molar-refractivity contribution in [3.8, 4) is 0 Å². The molecule has 1 aromatic carbocycles. The molecule has 1 aromatic rings. The van der Waals surface area contributed by atoms with Crippen molar-refractivity contribution in [3.05, 3.63) is 28.8 Å². The van der Waals surface area contributed by atoms with E-state index < -0.39 is 23.3 Å². The highest BCUT2D eigenvalue weighted by Crippen LogP contribution is 2.46. The van der Waals surface area contributed by atoms with Gasteiger partial charge in [0.1, 0.15) is 5.25 Å². The first-order valence-corrected chi connectivity index (χ1v) is 6.29. The molecule has 1 aliphatic rings. The number of thioether (sulfide) groups is 1. The molecule has 0 bridgehead atoms. The van der Waals surface area contributed by atoms with E-state index in [1.807, 2.05) is 0 Å². The fraction of sp³-hybridized carbons (Fsp3) is 0.364.